The van der Waals surface area contributed by atoms with Crippen LogP contribution >= 0.6 is 0 Å². The summed E-state index contributed by atoms with van der Waals surface area (Å²) in [5.74, 6) is -0.681. The van der Waals surface area contributed by atoms with Crippen molar-refractivity contribution >= 4 is 17.6 Å². The van der Waals surface area contributed by atoms with Gasteiger partial charge in [0.05, 0.1) is 18.0 Å². The summed E-state index contributed by atoms with van der Waals surface area (Å²) in [4.78, 5) is 29.9. The number of ketones is 1. The number of carbonyl (C=O) groups is 2. The highest BCUT2D eigenvalue weighted by atomic mass is 16.6. The Labute approximate surface area is 201 Å². The van der Waals surface area contributed by atoms with Gasteiger partial charge in [0.2, 0.25) is 0 Å². The fourth-order valence-corrected chi connectivity index (χ4v) is 4.47. The number of hydrogen-bond donors (Lipinski definition) is 2. The van der Waals surface area contributed by atoms with Crippen LogP contribution in [0, 0.1) is 17.2 Å². The third-order valence-corrected chi connectivity index (χ3v) is 6.01. The first kappa shape index (κ1) is 25.0. The van der Waals surface area contributed by atoms with E-state index < -0.39 is 23.7 Å². The van der Waals surface area contributed by atoms with Crippen molar-refractivity contribution < 1.29 is 14.3 Å². The lowest BCUT2D eigenvalue weighted by atomic mass is 9.79. The molecule has 178 valence electrons. The SMILES string of the molecule is CC(C)(C)OC(=O)N[C@@H](Cc1ccncc1)C(=O)/C=C1/C[C@](C)(c2ccccc2N)C[C@H]1C#N. The molecule has 1 aliphatic rings. The maximum absolute atomic E-state index is 13.4. The second-order valence-electron chi connectivity index (χ2n) is 10.1. The maximum Gasteiger partial charge on any atom is 0.408 e. The van der Waals surface area contributed by atoms with Gasteiger partial charge in [0, 0.05) is 24.5 Å². The summed E-state index contributed by atoms with van der Waals surface area (Å²) >= 11 is 0. The number of nitrogen functional groups attached to an aromatic ring is 1. The molecule has 0 spiro atoms. The number of nitrogens with zero attached hydrogens (tertiary/aromatic N) is 2. The van der Waals surface area contributed by atoms with E-state index in [4.69, 9.17) is 10.5 Å². The second kappa shape index (κ2) is 10.1. The molecule has 1 aromatic carbocycles. The number of rotatable bonds is 6. The van der Waals surface area contributed by atoms with Crippen molar-refractivity contribution in [2.24, 2.45) is 5.92 Å². The lowest BCUT2D eigenvalue weighted by molar-refractivity contribution is -0.116. The lowest BCUT2D eigenvalue weighted by Gasteiger charge is -2.25. The van der Waals surface area contributed by atoms with Crippen molar-refractivity contribution in [3.05, 3.63) is 71.6 Å². The Morgan fingerprint density at radius 3 is 2.59 bits per heavy atom. The largest absolute Gasteiger partial charge is 0.444 e. The van der Waals surface area contributed by atoms with Crippen LogP contribution in [0.3, 0.4) is 0 Å². The summed E-state index contributed by atoms with van der Waals surface area (Å²) in [7, 11) is 0. The molecule has 7 nitrogen and oxygen atoms in total. The van der Waals surface area contributed by atoms with Gasteiger partial charge >= 0.3 is 6.09 Å². The number of pyridine rings is 1. The van der Waals surface area contributed by atoms with Gasteiger partial charge in [-0.2, -0.15) is 5.26 Å². The Hall–Kier alpha value is -3.66. The van der Waals surface area contributed by atoms with Crippen molar-refractivity contribution in [3.8, 4) is 6.07 Å². The maximum atomic E-state index is 13.4. The summed E-state index contributed by atoms with van der Waals surface area (Å²) in [6.07, 6.45) is 5.54. The molecule has 3 N–H and O–H groups in total. The molecule has 0 bridgehead atoms. The van der Waals surface area contributed by atoms with Gasteiger partial charge in [0.1, 0.15) is 5.60 Å². The van der Waals surface area contributed by atoms with E-state index in [1.807, 2.05) is 24.3 Å². The molecule has 3 atom stereocenters. The molecular formula is C27H32N4O3. The number of anilines is 1. The molecule has 1 aliphatic carbocycles. The van der Waals surface area contributed by atoms with Crippen molar-refractivity contribution in [1.29, 1.82) is 5.26 Å². The molecule has 0 unspecified atom stereocenters. The molecular weight excluding hydrogens is 428 g/mol. The van der Waals surface area contributed by atoms with E-state index in [1.165, 1.54) is 6.08 Å². The molecule has 1 fully saturated rings. The first-order valence-corrected chi connectivity index (χ1v) is 11.4. The van der Waals surface area contributed by atoms with Crippen LogP contribution in [0.15, 0.2) is 60.4 Å². The number of nitrogens with two attached hydrogens (primary N) is 1. The molecule has 1 amide bonds. The molecule has 1 aromatic heterocycles. The highest BCUT2D eigenvalue weighted by Crippen LogP contribution is 2.48. The molecule has 3 rings (SSSR count). The minimum atomic E-state index is -0.835. The van der Waals surface area contributed by atoms with Gasteiger partial charge in [-0.25, -0.2) is 4.79 Å². The molecule has 2 aromatic rings. The normalized spacial score (nSPS) is 22.1. The number of amides is 1. The Kier molecular flexibility index (Phi) is 7.41. The number of carbonyl (C=O) groups excluding carboxylic acids is 2. The number of hydrogen-bond acceptors (Lipinski definition) is 6. The van der Waals surface area contributed by atoms with E-state index in [-0.39, 0.29) is 17.6 Å². The van der Waals surface area contributed by atoms with Crippen LogP contribution < -0.4 is 11.1 Å². The molecule has 0 radical (unpaired) electrons. The van der Waals surface area contributed by atoms with E-state index in [9.17, 15) is 14.9 Å². The number of aromatic nitrogens is 1. The number of para-hydroxylation sites is 1. The summed E-state index contributed by atoms with van der Waals surface area (Å²) < 4.78 is 5.37. The summed E-state index contributed by atoms with van der Waals surface area (Å²) in [5, 5.41) is 12.5. The predicted octanol–water partition coefficient (Wildman–Crippen LogP) is 4.49. The second-order valence-corrected chi connectivity index (χ2v) is 10.1. The van der Waals surface area contributed by atoms with Gasteiger partial charge < -0.3 is 15.8 Å². The monoisotopic (exact) mass is 460 g/mol. The fraction of sp³-hybridized carbons (Fsp3) is 0.407. The van der Waals surface area contributed by atoms with E-state index in [0.717, 1.165) is 16.7 Å². The number of alkyl carbamates (subject to hydrolysis) is 1. The highest BCUT2D eigenvalue weighted by molar-refractivity contribution is 5.97. The third-order valence-electron chi connectivity index (χ3n) is 6.01. The van der Waals surface area contributed by atoms with Crippen molar-refractivity contribution in [2.45, 2.75) is 64.0 Å². The van der Waals surface area contributed by atoms with Crippen LogP contribution in [0.5, 0.6) is 0 Å². The van der Waals surface area contributed by atoms with Crippen molar-refractivity contribution in [3.63, 3.8) is 0 Å². The standard InChI is InChI=1S/C27H32N4O3/c1-26(2,3)34-25(33)31-23(13-18-9-11-30-12-10-18)24(32)14-19-15-27(4,16-20(19)17-28)21-7-5-6-8-22(21)29/h5-12,14,20,23H,13,15-16,29H2,1-4H3,(H,31,33)/b19-14-/t20-,23-,27-/m0/s1. The summed E-state index contributed by atoms with van der Waals surface area (Å²) in [5.41, 5.74) is 8.44. The van der Waals surface area contributed by atoms with Crippen molar-refractivity contribution in [1.82, 2.24) is 10.3 Å². The Morgan fingerprint density at radius 2 is 1.97 bits per heavy atom. The number of nitrogens with one attached hydrogen (secondary N) is 1. The minimum absolute atomic E-state index is 0.275. The number of allylic oxidation sites excluding steroid dienone is 1. The zero-order chi connectivity index (χ0) is 24.9. The molecule has 0 aliphatic heterocycles. The van der Waals surface area contributed by atoms with Gasteiger partial charge in [0.15, 0.2) is 5.78 Å². The lowest BCUT2D eigenvalue weighted by Crippen LogP contribution is -2.44. The first-order valence-electron chi connectivity index (χ1n) is 11.4. The molecule has 1 heterocycles. The summed E-state index contributed by atoms with van der Waals surface area (Å²) in [6, 6.07) is 12.7. The third kappa shape index (κ3) is 6.22. The molecule has 1 saturated carbocycles. The van der Waals surface area contributed by atoms with Gasteiger partial charge in [-0.1, -0.05) is 25.1 Å². The number of ether oxygens (including phenoxy) is 1. The van der Waals surface area contributed by atoms with Crippen LogP contribution in [-0.4, -0.2) is 28.5 Å². The topological polar surface area (TPSA) is 118 Å². The Morgan fingerprint density at radius 1 is 1.29 bits per heavy atom. The van der Waals surface area contributed by atoms with Gasteiger partial charge in [-0.3, -0.25) is 9.78 Å². The quantitative estimate of drug-likeness (QED) is 0.484. The minimum Gasteiger partial charge on any atom is -0.444 e. The van der Waals surface area contributed by atoms with E-state index in [1.54, 1.807) is 45.3 Å². The van der Waals surface area contributed by atoms with Gasteiger partial charge in [-0.15, -0.1) is 0 Å². The van der Waals surface area contributed by atoms with E-state index >= 15 is 0 Å². The van der Waals surface area contributed by atoms with Crippen LogP contribution in [-0.2, 0) is 21.4 Å². The summed E-state index contributed by atoms with van der Waals surface area (Å²) in [6.45, 7) is 7.36. The van der Waals surface area contributed by atoms with Crippen LogP contribution in [0.25, 0.3) is 0 Å². The number of nitriles is 1. The van der Waals surface area contributed by atoms with E-state index in [2.05, 4.69) is 23.3 Å². The van der Waals surface area contributed by atoms with Crippen LogP contribution in [0.1, 0.15) is 51.7 Å². The molecule has 0 saturated heterocycles. The zero-order valence-electron chi connectivity index (χ0n) is 20.2. The average Bonchev–Trinajstić information content (AvgIpc) is 3.09. The molecule has 34 heavy (non-hydrogen) atoms. The zero-order valence-corrected chi connectivity index (χ0v) is 20.2. The predicted molar refractivity (Wildman–Crippen MR) is 131 cm³/mol. The fourth-order valence-electron chi connectivity index (χ4n) is 4.47. The average molecular weight is 461 g/mol. The highest BCUT2D eigenvalue weighted by Gasteiger charge is 2.41. The number of benzene rings is 1. The van der Waals surface area contributed by atoms with Crippen LogP contribution in [0.2, 0.25) is 0 Å². The van der Waals surface area contributed by atoms with Gasteiger partial charge in [0.25, 0.3) is 0 Å². The van der Waals surface area contributed by atoms with Gasteiger partial charge in [-0.05, 0) is 80.0 Å². The van der Waals surface area contributed by atoms with E-state index in [0.29, 0.717) is 18.5 Å². The van der Waals surface area contributed by atoms with Crippen LogP contribution in [0.4, 0.5) is 10.5 Å². The Bertz CT molecular complexity index is 1110. The van der Waals surface area contributed by atoms with Crippen molar-refractivity contribution in [2.75, 3.05) is 5.73 Å². The molecule has 7 heteroatoms. The smallest absolute Gasteiger partial charge is 0.408 e. The Balaban J connectivity index is 1.87. The first-order chi connectivity index (χ1) is 16.0.